The van der Waals surface area contributed by atoms with Crippen molar-refractivity contribution in [2.45, 2.75) is 0 Å². The lowest BCUT2D eigenvalue weighted by Crippen LogP contribution is -2.07. The van der Waals surface area contributed by atoms with Crippen LogP contribution < -0.4 is 10.2 Å². The maximum Gasteiger partial charge on any atom is 0.130 e. The van der Waals surface area contributed by atoms with Crippen molar-refractivity contribution in [2.75, 3.05) is 0 Å². The van der Waals surface area contributed by atoms with E-state index < -0.39 is 5.82 Å². The number of rotatable bonds is 2. The first-order chi connectivity index (χ1) is 7.25. The largest absolute Gasteiger partial charge is 0.457 e. The van der Waals surface area contributed by atoms with Crippen molar-refractivity contribution in [1.82, 2.24) is 0 Å². The van der Waals surface area contributed by atoms with E-state index in [1.165, 1.54) is 12.1 Å². The minimum absolute atomic E-state index is 0.121. The molecule has 0 fully saturated rings. The number of para-hydroxylation sites is 1. The molecular formula is C12H8BFO. The van der Waals surface area contributed by atoms with Crippen LogP contribution in [-0.2, 0) is 0 Å². The molecule has 72 valence electrons. The van der Waals surface area contributed by atoms with Crippen LogP contribution in [0.15, 0.2) is 48.5 Å². The van der Waals surface area contributed by atoms with Crippen LogP contribution >= 0.6 is 0 Å². The summed E-state index contributed by atoms with van der Waals surface area (Å²) >= 11 is 0. The summed E-state index contributed by atoms with van der Waals surface area (Å²) in [6, 6.07) is 13.6. The van der Waals surface area contributed by atoms with E-state index in [1.54, 1.807) is 18.2 Å². The van der Waals surface area contributed by atoms with Crippen LogP contribution in [0.5, 0.6) is 11.5 Å². The Hall–Kier alpha value is -1.77. The molecule has 0 aliphatic carbocycles. The third-order valence-electron chi connectivity index (χ3n) is 1.95. The van der Waals surface area contributed by atoms with Crippen molar-refractivity contribution in [2.24, 2.45) is 0 Å². The molecule has 15 heavy (non-hydrogen) atoms. The van der Waals surface area contributed by atoms with Crippen LogP contribution in [0.1, 0.15) is 0 Å². The Bertz CT molecular complexity index is 456. The van der Waals surface area contributed by atoms with Gasteiger partial charge in [-0.2, -0.15) is 0 Å². The van der Waals surface area contributed by atoms with Crippen molar-refractivity contribution in [3.8, 4) is 11.5 Å². The molecule has 0 saturated carbocycles. The summed E-state index contributed by atoms with van der Waals surface area (Å²) in [7, 11) is 5.35. The van der Waals surface area contributed by atoms with Crippen LogP contribution in [0.3, 0.4) is 0 Å². The number of halogens is 1. The highest BCUT2D eigenvalue weighted by Crippen LogP contribution is 2.20. The number of hydrogen-bond donors (Lipinski definition) is 0. The normalized spacial score (nSPS) is 9.93. The summed E-state index contributed by atoms with van der Waals surface area (Å²) in [5.41, 5.74) is 0.121. The second kappa shape index (κ2) is 4.17. The molecule has 1 nitrogen and oxygen atoms in total. The van der Waals surface area contributed by atoms with E-state index in [0.717, 1.165) is 0 Å². The number of benzene rings is 2. The zero-order valence-electron chi connectivity index (χ0n) is 7.98. The van der Waals surface area contributed by atoms with Crippen molar-refractivity contribution < 1.29 is 9.13 Å². The van der Waals surface area contributed by atoms with Gasteiger partial charge in [0.2, 0.25) is 0 Å². The third-order valence-corrected chi connectivity index (χ3v) is 1.95. The molecule has 2 rings (SSSR count). The highest BCUT2D eigenvalue weighted by molar-refractivity contribution is 6.32. The zero-order valence-corrected chi connectivity index (χ0v) is 7.98. The summed E-state index contributed by atoms with van der Waals surface area (Å²) < 4.78 is 18.5. The molecule has 2 aromatic rings. The topological polar surface area (TPSA) is 9.23 Å². The minimum atomic E-state index is -0.469. The van der Waals surface area contributed by atoms with E-state index in [1.807, 2.05) is 18.2 Å². The van der Waals surface area contributed by atoms with Crippen molar-refractivity contribution in [3.05, 3.63) is 54.3 Å². The predicted octanol–water partition coefficient (Wildman–Crippen LogP) is 2.41. The van der Waals surface area contributed by atoms with Gasteiger partial charge in [0.05, 0.1) is 0 Å². The average Bonchev–Trinajstić information content (AvgIpc) is 2.25. The van der Waals surface area contributed by atoms with E-state index >= 15 is 0 Å². The molecule has 3 heteroatoms. The van der Waals surface area contributed by atoms with E-state index in [2.05, 4.69) is 0 Å². The fourth-order valence-corrected chi connectivity index (χ4v) is 1.20. The first-order valence-corrected chi connectivity index (χ1v) is 4.53. The quantitative estimate of drug-likeness (QED) is 0.673. The number of hydrogen-bond acceptors (Lipinski definition) is 1. The van der Waals surface area contributed by atoms with Gasteiger partial charge >= 0.3 is 0 Å². The van der Waals surface area contributed by atoms with Gasteiger partial charge in [0.1, 0.15) is 25.2 Å². The van der Waals surface area contributed by atoms with Gasteiger partial charge in [-0.3, -0.25) is 0 Å². The Morgan fingerprint density at radius 3 is 2.33 bits per heavy atom. The third kappa shape index (κ3) is 2.37. The summed E-state index contributed by atoms with van der Waals surface area (Å²) in [5, 5.41) is 0. The van der Waals surface area contributed by atoms with Gasteiger partial charge in [0.15, 0.2) is 0 Å². The molecule has 0 aromatic heterocycles. The van der Waals surface area contributed by atoms with Crippen LogP contribution in [0.25, 0.3) is 0 Å². The van der Waals surface area contributed by atoms with Gasteiger partial charge in [0, 0.05) is 6.07 Å². The van der Waals surface area contributed by atoms with Crippen LogP contribution in [-0.4, -0.2) is 7.85 Å². The second-order valence-corrected chi connectivity index (χ2v) is 3.10. The Morgan fingerprint density at radius 2 is 1.67 bits per heavy atom. The van der Waals surface area contributed by atoms with E-state index in [4.69, 9.17) is 12.6 Å². The van der Waals surface area contributed by atoms with E-state index in [0.29, 0.717) is 11.5 Å². The van der Waals surface area contributed by atoms with Gasteiger partial charge < -0.3 is 4.74 Å². The van der Waals surface area contributed by atoms with Crippen LogP contribution in [0.2, 0.25) is 0 Å². The minimum Gasteiger partial charge on any atom is -0.457 e. The van der Waals surface area contributed by atoms with Gasteiger partial charge in [-0.1, -0.05) is 29.7 Å². The van der Waals surface area contributed by atoms with E-state index in [9.17, 15) is 4.39 Å². The van der Waals surface area contributed by atoms with Crippen LogP contribution in [0.4, 0.5) is 4.39 Å². The Kier molecular flexibility index (Phi) is 2.72. The Balaban J connectivity index is 2.22. The van der Waals surface area contributed by atoms with Gasteiger partial charge in [-0.05, 0) is 18.2 Å². The maximum atomic E-state index is 13.1. The number of ether oxygens (including phenoxy) is 1. The van der Waals surface area contributed by atoms with Gasteiger partial charge in [0.25, 0.3) is 0 Å². The molecule has 2 aromatic carbocycles. The highest BCUT2D eigenvalue weighted by atomic mass is 19.1. The molecule has 0 atom stereocenters. The molecule has 0 bridgehead atoms. The monoisotopic (exact) mass is 198 g/mol. The summed E-state index contributed by atoms with van der Waals surface area (Å²) in [6.45, 7) is 0. The fraction of sp³-hybridized carbons (Fsp3) is 0. The Labute approximate surface area is 88.9 Å². The Morgan fingerprint density at radius 1 is 0.933 bits per heavy atom. The second-order valence-electron chi connectivity index (χ2n) is 3.10. The fourth-order valence-electron chi connectivity index (χ4n) is 1.20. The zero-order chi connectivity index (χ0) is 10.7. The maximum absolute atomic E-state index is 13.1. The SMILES string of the molecule is [B]c1ccc(Oc2ccccc2)cc1F. The van der Waals surface area contributed by atoms with Gasteiger partial charge in [-0.25, -0.2) is 4.39 Å². The van der Waals surface area contributed by atoms with Crippen molar-refractivity contribution in [3.63, 3.8) is 0 Å². The van der Waals surface area contributed by atoms with Gasteiger partial charge in [-0.15, -0.1) is 0 Å². The molecule has 0 unspecified atom stereocenters. The molecule has 0 spiro atoms. The predicted molar refractivity (Wildman–Crippen MR) is 58.3 cm³/mol. The van der Waals surface area contributed by atoms with Crippen molar-refractivity contribution in [1.29, 1.82) is 0 Å². The molecule has 0 amide bonds. The molecule has 0 N–H and O–H groups in total. The molecule has 0 saturated heterocycles. The molecule has 0 aliphatic rings. The molecule has 0 heterocycles. The lowest BCUT2D eigenvalue weighted by atomic mass is 9.96. The summed E-state index contributed by atoms with van der Waals surface area (Å²) in [4.78, 5) is 0. The van der Waals surface area contributed by atoms with Crippen molar-refractivity contribution >= 4 is 13.3 Å². The first kappa shape index (κ1) is 9.78. The summed E-state index contributed by atoms with van der Waals surface area (Å²) in [5.74, 6) is 0.637. The molecule has 0 aliphatic heterocycles. The smallest absolute Gasteiger partial charge is 0.130 e. The van der Waals surface area contributed by atoms with E-state index in [-0.39, 0.29) is 5.46 Å². The highest BCUT2D eigenvalue weighted by Gasteiger charge is 2.00. The first-order valence-electron chi connectivity index (χ1n) is 4.53. The van der Waals surface area contributed by atoms with Crippen LogP contribution in [0, 0.1) is 5.82 Å². The average molecular weight is 198 g/mol. The lowest BCUT2D eigenvalue weighted by Gasteiger charge is -2.06. The molecular weight excluding hydrogens is 190 g/mol. The molecule has 2 radical (unpaired) electrons. The summed E-state index contributed by atoms with van der Waals surface area (Å²) in [6.07, 6.45) is 0. The standard InChI is InChI=1S/C12H8BFO/c13-11-7-6-10(8-12(11)14)15-9-4-2-1-3-5-9/h1-8H. The lowest BCUT2D eigenvalue weighted by molar-refractivity contribution is 0.477.